The summed E-state index contributed by atoms with van der Waals surface area (Å²) in [5.74, 6) is 1.11. The molecule has 0 aliphatic carbocycles. The van der Waals surface area contributed by atoms with E-state index >= 15 is 0 Å². The zero-order chi connectivity index (χ0) is 15.9. The van der Waals surface area contributed by atoms with Crippen molar-refractivity contribution in [3.8, 4) is 11.5 Å². The first-order chi connectivity index (χ1) is 10.7. The Morgan fingerprint density at radius 3 is 2.77 bits per heavy atom. The van der Waals surface area contributed by atoms with Gasteiger partial charge in [0, 0.05) is 30.4 Å². The van der Waals surface area contributed by atoms with Crippen molar-refractivity contribution in [2.24, 2.45) is 0 Å². The number of dihydropyridines is 1. The summed E-state index contributed by atoms with van der Waals surface area (Å²) >= 11 is 0. The van der Waals surface area contributed by atoms with Gasteiger partial charge in [-0.3, -0.25) is 0 Å². The van der Waals surface area contributed by atoms with E-state index in [1.54, 1.807) is 20.4 Å². The van der Waals surface area contributed by atoms with Crippen molar-refractivity contribution in [3.05, 3.63) is 47.3 Å². The molecule has 1 aliphatic heterocycles. The number of hydrogen-bond acceptors (Lipinski definition) is 6. The lowest BCUT2D eigenvalue weighted by Crippen LogP contribution is -2.27. The molecular formula is C16H20N2O4. The van der Waals surface area contributed by atoms with E-state index in [4.69, 9.17) is 14.2 Å². The highest BCUT2D eigenvalue weighted by Gasteiger charge is 2.17. The van der Waals surface area contributed by atoms with E-state index < -0.39 is 0 Å². The van der Waals surface area contributed by atoms with Gasteiger partial charge in [-0.1, -0.05) is 0 Å². The van der Waals surface area contributed by atoms with Crippen LogP contribution in [0.2, 0.25) is 0 Å². The summed E-state index contributed by atoms with van der Waals surface area (Å²) in [5, 5.41) is 6.24. The maximum atomic E-state index is 11.8. The molecule has 6 heteroatoms. The van der Waals surface area contributed by atoms with E-state index in [0.717, 1.165) is 22.8 Å². The second-order valence-electron chi connectivity index (χ2n) is 4.63. The van der Waals surface area contributed by atoms with Crippen molar-refractivity contribution in [3.63, 3.8) is 0 Å². The Morgan fingerprint density at radius 1 is 1.27 bits per heavy atom. The molecule has 0 amide bonds. The largest absolute Gasteiger partial charge is 0.497 e. The van der Waals surface area contributed by atoms with Gasteiger partial charge in [-0.05, 0) is 24.4 Å². The first-order valence-corrected chi connectivity index (χ1v) is 6.85. The molecule has 2 N–H and O–H groups in total. The maximum absolute atomic E-state index is 11.8. The molecule has 2 rings (SSSR count). The number of methoxy groups -OCH3 is 3. The SMILES string of the molecule is COC(=O)C1=C(NCc2ccc(OC)cc2OC)C=CNC1. The van der Waals surface area contributed by atoms with Gasteiger partial charge in [0.1, 0.15) is 11.5 Å². The van der Waals surface area contributed by atoms with Crippen molar-refractivity contribution < 1.29 is 19.0 Å². The monoisotopic (exact) mass is 304 g/mol. The van der Waals surface area contributed by atoms with Crippen molar-refractivity contribution >= 4 is 5.97 Å². The second-order valence-corrected chi connectivity index (χ2v) is 4.63. The minimum Gasteiger partial charge on any atom is -0.497 e. The molecule has 0 radical (unpaired) electrons. The van der Waals surface area contributed by atoms with E-state index in [-0.39, 0.29) is 5.97 Å². The maximum Gasteiger partial charge on any atom is 0.337 e. The van der Waals surface area contributed by atoms with Crippen LogP contribution in [-0.4, -0.2) is 33.8 Å². The van der Waals surface area contributed by atoms with Gasteiger partial charge >= 0.3 is 5.97 Å². The van der Waals surface area contributed by atoms with Gasteiger partial charge in [-0.25, -0.2) is 4.79 Å². The van der Waals surface area contributed by atoms with E-state index in [0.29, 0.717) is 18.7 Å². The highest BCUT2D eigenvalue weighted by Crippen LogP contribution is 2.24. The Bertz CT molecular complexity index is 608. The number of ether oxygens (including phenoxy) is 3. The summed E-state index contributed by atoms with van der Waals surface area (Å²) in [6, 6.07) is 5.62. The smallest absolute Gasteiger partial charge is 0.337 e. The van der Waals surface area contributed by atoms with E-state index in [1.807, 2.05) is 24.3 Å². The van der Waals surface area contributed by atoms with Crippen LogP contribution in [0, 0.1) is 0 Å². The molecule has 1 aromatic carbocycles. The fourth-order valence-corrected chi connectivity index (χ4v) is 2.16. The standard InChI is InChI=1S/C16H20N2O4/c1-20-12-5-4-11(15(8-12)21-2)9-18-14-6-7-17-10-13(14)16(19)22-3/h4-8,17-18H,9-10H2,1-3H3. The quantitative estimate of drug-likeness (QED) is 0.773. The number of benzene rings is 1. The van der Waals surface area contributed by atoms with Gasteiger partial charge in [0.05, 0.1) is 26.9 Å². The number of carbonyl (C=O) groups is 1. The fourth-order valence-electron chi connectivity index (χ4n) is 2.16. The van der Waals surface area contributed by atoms with Crippen LogP contribution in [0.5, 0.6) is 11.5 Å². The molecule has 22 heavy (non-hydrogen) atoms. The minimum atomic E-state index is -0.346. The van der Waals surface area contributed by atoms with Gasteiger partial charge < -0.3 is 24.8 Å². The van der Waals surface area contributed by atoms with Crippen LogP contribution in [0.3, 0.4) is 0 Å². The number of carbonyl (C=O) groups excluding carboxylic acids is 1. The van der Waals surface area contributed by atoms with Gasteiger partial charge in [-0.15, -0.1) is 0 Å². The first-order valence-electron chi connectivity index (χ1n) is 6.85. The van der Waals surface area contributed by atoms with Crippen molar-refractivity contribution in [1.82, 2.24) is 10.6 Å². The third kappa shape index (κ3) is 3.52. The predicted octanol–water partition coefficient (Wildman–Crippen LogP) is 1.34. The number of nitrogens with one attached hydrogen (secondary N) is 2. The van der Waals surface area contributed by atoms with Crippen molar-refractivity contribution in [1.29, 1.82) is 0 Å². The van der Waals surface area contributed by atoms with Gasteiger partial charge in [0.25, 0.3) is 0 Å². The van der Waals surface area contributed by atoms with Crippen LogP contribution in [0.4, 0.5) is 0 Å². The Hall–Kier alpha value is -2.63. The lowest BCUT2D eigenvalue weighted by atomic mass is 10.1. The van der Waals surface area contributed by atoms with Gasteiger partial charge in [-0.2, -0.15) is 0 Å². The molecule has 0 spiro atoms. The molecule has 0 saturated carbocycles. The Morgan fingerprint density at radius 2 is 2.09 bits per heavy atom. The molecule has 1 aromatic rings. The zero-order valence-corrected chi connectivity index (χ0v) is 12.9. The molecule has 0 fully saturated rings. The Balaban J connectivity index is 2.16. The van der Waals surface area contributed by atoms with Crippen LogP contribution in [-0.2, 0) is 16.1 Å². The fraction of sp³-hybridized carbons (Fsp3) is 0.312. The highest BCUT2D eigenvalue weighted by molar-refractivity contribution is 5.90. The van der Waals surface area contributed by atoms with E-state index in [1.165, 1.54) is 7.11 Å². The van der Waals surface area contributed by atoms with Gasteiger partial charge in [0.15, 0.2) is 0 Å². The average molecular weight is 304 g/mol. The normalized spacial score (nSPS) is 13.4. The number of esters is 1. The molecule has 118 valence electrons. The molecule has 0 unspecified atom stereocenters. The Kier molecular flexibility index (Phi) is 5.30. The highest BCUT2D eigenvalue weighted by atomic mass is 16.5. The first kappa shape index (κ1) is 15.8. The minimum absolute atomic E-state index is 0.346. The molecule has 0 atom stereocenters. The summed E-state index contributed by atoms with van der Waals surface area (Å²) in [5.41, 5.74) is 2.27. The van der Waals surface area contributed by atoms with Crippen LogP contribution < -0.4 is 20.1 Å². The van der Waals surface area contributed by atoms with E-state index in [2.05, 4.69) is 10.6 Å². The third-order valence-corrected chi connectivity index (χ3v) is 3.37. The topological polar surface area (TPSA) is 68.8 Å². The van der Waals surface area contributed by atoms with Crippen molar-refractivity contribution in [2.45, 2.75) is 6.54 Å². The summed E-state index contributed by atoms with van der Waals surface area (Å²) < 4.78 is 15.3. The predicted molar refractivity (Wildman–Crippen MR) is 82.6 cm³/mol. The van der Waals surface area contributed by atoms with Crippen molar-refractivity contribution in [2.75, 3.05) is 27.9 Å². The zero-order valence-electron chi connectivity index (χ0n) is 12.9. The molecule has 6 nitrogen and oxygen atoms in total. The number of allylic oxidation sites excluding steroid dienone is 1. The summed E-state index contributed by atoms with van der Waals surface area (Å²) in [6.07, 6.45) is 3.60. The second kappa shape index (κ2) is 7.40. The summed E-state index contributed by atoms with van der Waals surface area (Å²) in [6.45, 7) is 0.957. The average Bonchev–Trinajstić information content (AvgIpc) is 2.59. The Labute approximate surface area is 129 Å². The lowest BCUT2D eigenvalue weighted by Gasteiger charge is -2.18. The van der Waals surface area contributed by atoms with E-state index in [9.17, 15) is 4.79 Å². The molecular weight excluding hydrogens is 284 g/mol. The summed E-state index contributed by atoms with van der Waals surface area (Å²) in [4.78, 5) is 11.8. The number of hydrogen-bond donors (Lipinski definition) is 2. The molecule has 1 heterocycles. The van der Waals surface area contributed by atoms with Crippen LogP contribution in [0.15, 0.2) is 41.7 Å². The van der Waals surface area contributed by atoms with Gasteiger partial charge in [0.2, 0.25) is 0 Å². The van der Waals surface area contributed by atoms with Crippen LogP contribution in [0.1, 0.15) is 5.56 Å². The van der Waals surface area contributed by atoms with Crippen LogP contribution >= 0.6 is 0 Å². The van der Waals surface area contributed by atoms with Crippen LogP contribution in [0.25, 0.3) is 0 Å². The molecule has 0 saturated heterocycles. The molecule has 1 aliphatic rings. The lowest BCUT2D eigenvalue weighted by molar-refractivity contribution is -0.136. The summed E-state index contributed by atoms with van der Waals surface area (Å²) in [7, 11) is 4.60. The molecule has 0 bridgehead atoms. The molecule has 0 aromatic heterocycles. The number of rotatable bonds is 6. The third-order valence-electron chi connectivity index (χ3n) is 3.37.